The molecule has 0 amide bonds. The van der Waals surface area contributed by atoms with E-state index in [2.05, 4.69) is 4.99 Å². The second kappa shape index (κ2) is 9.53. The van der Waals surface area contributed by atoms with Crippen molar-refractivity contribution in [3.63, 3.8) is 0 Å². The number of rotatable bonds is 7. The lowest BCUT2D eigenvalue weighted by molar-refractivity contribution is -0.385. The molecule has 0 atom stereocenters. The zero-order valence-corrected chi connectivity index (χ0v) is 18.3. The molecule has 0 unspecified atom stereocenters. The molecule has 172 valence electrons. The van der Waals surface area contributed by atoms with Gasteiger partial charge in [-0.3, -0.25) is 10.1 Å². The number of benzene rings is 3. The highest BCUT2D eigenvalue weighted by Gasteiger charge is 2.26. The van der Waals surface area contributed by atoms with E-state index in [1.165, 1.54) is 25.3 Å². The normalized spacial score (nSPS) is 14.0. The van der Waals surface area contributed by atoms with Gasteiger partial charge in [0.2, 0.25) is 5.90 Å². The molecule has 0 radical (unpaired) electrons. The van der Waals surface area contributed by atoms with Gasteiger partial charge < -0.3 is 14.2 Å². The number of nitrogens with zero attached hydrogens (tertiary/aromatic N) is 2. The molecule has 8 nitrogen and oxygen atoms in total. The van der Waals surface area contributed by atoms with Crippen LogP contribution >= 0.6 is 0 Å². The number of nitro groups is 1. The largest absolute Gasteiger partial charge is 0.493 e. The average molecular weight is 462 g/mol. The maximum Gasteiger partial charge on any atom is 0.363 e. The van der Waals surface area contributed by atoms with E-state index in [1.807, 2.05) is 0 Å². The van der Waals surface area contributed by atoms with Gasteiger partial charge in [-0.25, -0.2) is 14.2 Å². The molecule has 0 saturated carbocycles. The van der Waals surface area contributed by atoms with Crippen molar-refractivity contribution in [3.8, 4) is 11.5 Å². The van der Waals surface area contributed by atoms with Gasteiger partial charge in [0.25, 0.3) is 5.69 Å². The Kier molecular flexibility index (Phi) is 6.35. The van der Waals surface area contributed by atoms with Gasteiger partial charge in [0.15, 0.2) is 17.2 Å². The van der Waals surface area contributed by atoms with Crippen molar-refractivity contribution in [3.05, 3.63) is 105 Å². The van der Waals surface area contributed by atoms with Crippen molar-refractivity contribution in [2.45, 2.75) is 13.5 Å². The number of carbonyl (C=O) groups excluding carboxylic acids is 1. The Morgan fingerprint density at radius 2 is 1.91 bits per heavy atom. The lowest BCUT2D eigenvalue weighted by Crippen LogP contribution is -2.06. The first-order valence-corrected chi connectivity index (χ1v) is 10.2. The van der Waals surface area contributed by atoms with Crippen LogP contribution in [0.25, 0.3) is 6.08 Å². The lowest BCUT2D eigenvalue weighted by Gasteiger charge is -2.12. The molecule has 0 bridgehead atoms. The molecule has 0 aliphatic carbocycles. The summed E-state index contributed by atoms with van der Waals surface area (Å²) in [6, 6.07) is 15.8. The third-order valence-electron chi connectivity index (χ3n) is 5.11. The number of methoxy groups -OCH3 is 1. The standard InChI is InChI=1S/C25H19FN2O6/c1-15-7-9-17(13-21(15)28(30)31)24-27-20(25(29)34-24)11-16-8-10-22(23(12-16)32-2)33-14-18-5-3-4-6-19(18)26/h3-13H,14H2,1-2H3/b20-11-. The summed E-state index contributed by atoms with van der Waals surface area (Å²) in [4.78, 5) is 27.2. The summed E-state index contributed by atoms with van der Waals surface area (Å²) in [6.45, 7) is 1.64. The predicted octanol–water partition coefficient (Wildman–Crippen LogP) is 4.97. The number of ether oxygens (including phenoxy) is 3. The molecule has 0 N–H and O–H groups in total. The number of halogens is 1. The molecular formula is C25H19FN2O6. The quantitative estimate of drug-likeness (QED) is 0.213. The number of esters is 1. The van der Waals surface area contributed by atoms with E-state index in [4.69, 9.17) is 14.2 Å². The summed E-state index contributed by atoms with van der Waals surface area (Å²) < 4.78 is 30.1. The summed E-state index contributed by atoms with van der Waals surface area (Å²) in [7, 11) is 1.46. The van der Waals surface area contributed by atoms with Crippen LogP contribution in [0.15, 0.2) is 71.4 Å². The minimum atomic E-state index is -0.683. The predicted molar refractivity (Wildman–Crippen MR) is 122 cm³/mol. The van der Waals surface area contributed by atoms with Gasteiger partial charge in [0.05, 0.1) is 12.0 Å². The Labute approximate surface area is 194 Å². The molecule has 3 aromatic carbocycles. The summed E-state index contributed by atoms with van der Waals surface area (Å²) in [5.41, 5.74) is 1.73. The second-order valence-corrected chi connectivity index (χ2v) is 7.38. The van der Waals surface area contributed by atoms with E-state index in [0.29, 0.717) is 33.8 Å². The smallest absolute Gasteiger partial charge is 0.363 e. The van der Waals surface area contributed by atoms with Crippen molar-refractivity contribution in [2.24, 2.45) is 4.99 Å². The molecule has 0 aromatic heterocycles. The van der Waals surface area contributed by atoms with Crippen LogP contribution in [0.2, 0.25) is 0 Å². The van der Waals surface area contributed by atoms with Crippen molar-refractivity contribution < 1.29 is 28.3 Å². The van der Waals surface area contributed by atoms with E-state index in [0.717, 1.165) is 0 Å². The Morgan fingerprint density at radius 3 is 2.65 bits per heavy atom. The van der Waals surface area contributed by atoms with Crippen LogP contribution in [-0.2, 0) is 16.1 Å². The number of hydrogen-bond acceptors (Lipinski definition) is 7. The van der Waals surface area contributed by atoms with Gasteiger partial charge in [-0.05, 0) is 42.8 Å². The highest BCUT2D eigenvalue weighted by molar-refractivity contribution is 6.13. The minimum Gasteiger partial charge on any atom is -0.493 e. The van der Waals surface area contributed by atoms with Gasteiger partial charge in [-0.1, -0.05) is 30.3 Å². The van der Waals surface area contributed by atoms with Gasteiger partial charge in [0.1, 0.15) is 12.4 Å². The fraction of sp³-hybridized carbons (Fsp3) is 0.120. The third-order valence-corrected chi connectivity index (χ3v) is 5.11. The van der Waals surface area contributed by atoms with Crippen molar-refractivity contribution in [1.82, 2.24) is 0 Å². The number of carbonyl (C=O) groups is 1. The number of cyclic esters (lactones) is 1. The highest BCUT2D eigenvalue weighted by Crippen LogP contribution is 2.31. The van der Waals surface area contributed by atoms with Gasteiger partial charge >= 0.3 is 5.97 Å². The third kappa shape index (κ3) is 4.78. The molecule has 0 fully saturated rings. The van der Waals surface area contributed by atoms with E-state index >= 15 is 0 Å². The van der Waals surface area contributed by atoms with Gasteiger partial charge in [0, 0.05) is 22.8 Å². The Morgan fingerprint density at radius 1 is 1.12 bits per heavy atom. The minimum absolute atomic E-state index is 0.0174. The van der Waals surface area contributed by atoms with Gasteiger partial charge in [-0.15, -0.1) is 0 Å². The second-order valence-electron chi connectivity index (χ2n) is 7.38. The van der Waals surface area contributed by atoms with Crippen LogP contribution in [-0.4, -0.2) is 23.9 Å². The molecule has 1 heterocycles. The van der Waals surface area contributed by atoms with E-state index < -0.39 is 10.9 Å². The Hall–Kier alpha value is -4.53. The lowest BCUT2D eigenvalue weighted by atomic mass is 10.1. The molecule has 9 heteroatoms. The average Bonchev–Trinajstić information content (AvgIpc) is 3.19. The number of hydrogen-bond donors (Lipinski definition) is 0. The van der Waals surface area contributed by atoms with Gasteiger partial charge in [-0.2, -0.15) is 0 Å². The molecule has 1 aliphatic heterocycles. The van der Waals surface area contributed by atoms with Crippen molar-refractivity contribution >= 4 is 23.6 Å². The van der Waals surface area contributed by atoms with E-state index in [-0.39, 0.29) is 29.7 Å². The molecule has 4 rings (SSSR count). The fourth-order valence-electron chi connectivity index (χ4n) is 3.29. The number of aryl methyl sites for hydroxylation is 1. The number of nitro benzene ring substituents is 1. The van der Waals surface area contributed by atoms with Crippen molar-refractivity contribution in [1.29, 1.82) is 0 Å². The first-order chi connectivity index (χ1) is 16.4. The van der Waals surface area contributed by atoms with Crippen LogP contribution in [0.4, 0.5) is 10.1 Å². The zero-order valence-electron chi connectivity index (χ0n) is 18.3. The summed E-state index contributed by atoms with van der Waals surface area (Å²) >= 11 is 0. The van der Waals surface area contributed by atoms with Crippen molar-refractivity contribution in [2.75, 3.05) is 7.11 Å². The van der Waals surface area contributed by atoms with Crippen LogP contribution in [0.1, 0.15) is 22.3 Å². The monoisotopic (exact) mass is 462 g/mol. The first-order valence-electron chi connectivity index (χ1n) is 10.2. The van der Waals surface area contributed by atoms with E-state index in [1.54, 1.807) is 55.5 Å². The maximum atomic E-state index is 13.8. The Bertz CT molecular complexity index is 1350. The molecule has 3 aromatic rings. The summed E-state index contributed by atoms with van der Waals surface area (Å²) in [5, 5.41) is 11.2. The van der Waals surface area contributed by atoms with E-state index in [9.17, 15) is 19.3 Å². The molecule has 1 aliphatic rings. The Balaban J connectivity index is 1.57. The number of aliphatic imine (C=N–C) groups is 1. The highest BCUT2D eigenvalue weighted by atomic mass is 19.1. The SMILES string of the molecule is COc1cc(/C=C2\N=C(c3ccc(C)c([N+](=O)[O-])c3)OC2=O)ccc1OCc1ccccc1F. The van der Waals surface area contributed by atoms with Crippen LogP contribution in [0.3, 0.4) is 0 Å². The summed E-state index contributed by atoms with van der Waals surface area (Å²) in [5.74, 6) is -0.281. The molecular weight excluding hydrogens is 443 g/mol. The van der Waals surface area contributed by atoms with Crippen LogP contribution in [0.5, 0.6) is 11.5 Å². The zero-order chi connectivity index (χ0) is 24.2. The maximum absolute atomic E-state index is 13.8. The first kappa shape index (κ1) is 22.7. The van der Waals surface area contributed by atoms with Crippen LogP contribution < -0.4 is 9.47 Å². The molecule has 0 saturated heterocycles. The summed E-state index contributed by atoms with van der Waals surface area (Å²) in [6.07, 6.45) is 1.50. The topological polar surface area (TPSA) is 100 Å². The molecule has 34 heavy (non-hydrogen) atoms. The van der Waals surface area contributed by atoms with Crippen LogP contribution in [0, 0.1) is 22.9 Å². The fourth-order valence-corrected chi connectivity index (χ4v) is 3.29. The molecule has 0 spiro atoms.